The van der Waals surface area contributed by atoms with Crippen LogP contribution >= 0.6 is 0 Å². The van der Waals surface area contributed by atoms with Gasteiger partial charge in [0.25, 0.3) is 0 Å². The first-order valence-corrected chi connectivity index (χ1v) is 13.3. The number of nitrogens with one attached hydrogen (secondary N) is 3. The molecule has 5 aromatic heterocycles. The van der Waals surface area contributed by atoms with E-state index in [1.165, 1.54) is 37.8 Å². The second kappa shape index (κ2) is 9.99. The van der Waals surface area contributed by atoms with Crippen LogP contribution in [0.1, 0.15) is 31.2 Å². The molecular formula is C30H27FN8. The van der Waals surface area contributed by atoms with Crippen molar-refractivity contribution in [3.63, 3.8) is 0 Å². The fourth-order valence-corrected chi connectivity index (χ4v) is 5.53. The topological polar surface area (TPSA) is 108 Å². The lowest BCUT2D eigenvalue weighted by Crippen LogP contribution is -2.20. The van der Waals surface area contributed by atoms with Crippen LogP contribution in [0.4, 0.5) is 4.39 Å². The molecular weight excluding hydrogens is 491 g/mol. The van der Waals surface area contributed by atoms with E-state index in [2.05, 4.69) is 41.5 Å². The van der Waals surface area contributed by atoms with Gasteiger partial charge in [-0.25, -0.2) is 14.4 Å². The van der Waals surface area contributed by atoms with Gasteiger partial charge in [-0.2, -0.15) is 5.10 Å². The van der Waals surface area contributed by atoms with Crippen molar-refractivity contribution in [1.82, 2.24) is 40.4 Å². The molecule has 7 rings (SSSR count). The van der Waals surface area contributed by atoms with Crippen molar-refractivity contribution in [3.05, 3.63) is 78.6 Å². The molecule has 3 N–H and O–H groups in total. The number of aromatic amines is 2. The summed E-state index contributed by atoms with van der Waals surface area (Å²) in [4.78, 5) is 21.6. The van der Waals surface area contributed by atoms with Gasteiger partial charge < -0.3 is 10.3 Å². The Morgan fingerprint density at radius 1 is 0.974 bits per heavy atom. The molecule has 1 aliphatic rings. The van der Waals surface area contributed by atoms with Crippen LogP contribution in [0.15, 0.2) is 67.3 Å². The Kier molecular flexibility index (Phi) is 6.05. The first-order chi connectivity index (χ1) is 19.2. The zero-order valence-corrected chi connectivity index (χ0v) is 21.3. The van der Waals surface area contributed by atoms with E-state index in [0.717, 1.165) is 63.4 Å². The van der Waals surface area contributed by atoms with Crippen molar-refractivity contribution < 1.29 is 4.39 Å². The van der Waals surface area contributed by atoms with Crippen LogP contribution in [0.3, 0.4) is 0 Å². The number of H-pyrrole nitrogens is 2. The van der Waals surface area contributed by atoms with E-state index in [-0.39, 0.29) is 5.82 Å². The third-order valence-electron chi connectivity index (χ3n) is 7.53. The monoisotopic (exact) mass is 518 g/mol. The first-order valence-electron chi connectivity index (χ1n) is 13.3. The fraction of sp³-hybridized carbons (Fsp3) is 0.233. The number of nitrogens with zero attached hydrogens (tertiary/aromatic N) is 5. The Balaban J connectivity index is 1.20. The quantitative estimate of drug-likeness (QED) is 0.238. The van der Waals surface area contributed by atoms with Crippen molar-refractivity contribution in [1.29, 1.82) is 0 Å². The van der Waals surface area contributed by atoms with E-state index in [0.29, 0.717) is 17.2 Å². The Bertz CT molecular complexity index is 1780. The first kappa shape index (κ1) is 23.6. The van der Waals surface area contributed by atoms with E-state index >= 15 is 0 Å². The van der Waals surface area contributed by atoms with Crippen molar-refractivity contribution >= 4 is 22.1 Å². The number of fused-ring (bicyclic) bond motifs is 2. The minimum atomic E-state index is -0.293. The molecule has 0 bridgehead atoms. The van der Waals surface area contributed by atoms with Gasteiger partial charge in [-0.05, 0) is 66.8 Å². The average molecular weight is 519 g/mol. The molecule has 0 amide bonds. The number of hydrogen-bond donors (Lipinski definition) is 3. The van der Waals surface area contributed by atoms with Crippen LogP contribution in [0.25, 0.3) is 56.0 Å². The predicted octanol–water partition coefficient (Wildman–Crippen LogP) is 6.04. The van der Waals surface area contributed by atoms with Gasteiger partial charge in [0.05, 0.1) is 22.9 Å². The van der Waals surface area contributed by atoms with Gasteiger partial charge in [0, 0.05) is 41.6 Å². The van der Waals surface area contributed by atoms with Crippen molar-refractivity contribution in [3.8, 4) is 33.9 Å². The summed E-state index contributed by atoms with van der Waals surface area (Å²) in [5.74, 6) is 1.08. The Morgan fingerprint density at radius 3 is 2.79 bits per heavy atom. The average Bonchev–Trinajstić information content (AvgIpc) is 3.72. The van der Waals surface area contributed by atoms with E-state index in [1.807, 2.05) is 30.6 Å². The second-order valence-corrected chi connectivity index (χ2v) is 10.2. The summed E-state index contributed by atoms with van der Waals surface area (Å²) < 4.78 is 13.9. The molecule has 0 unspecified atom stereocenters. The smallest absolute Gasteiger partial charge is 0.178 e. The van der Waals surface area contributed by atoms with Gasteiger partial charge in [0.1, 0.15) is 11.5 Å². The molecule has 0 saturated heterocycles. The van der Waals surface area contributed by atoms with Crippen molar-refractivity contribution in [2.75, 3.05) is 6.54 Å². The molecule has 0 spiro atoms. The summed E-state index contributed by atoms with van der Waals surface area (Å²) in [6.45, 7) is 1.84. The van der Waals surface area contributed by atoms with Crippen LogP contribution in [0.2, 0.25) is 0 Å². The lowest BCUT2D eigenvalue weighted by molar-refractivity contribution is 0.489. The number of imidazole rings is 1. The zero-order chi connectivity index (χ0) is 26.2. The normalized spacial score (nSPS) is 14.1. The maximum atomic E-state index is 13.9. The highest BCUT2D eigenvalue weighted by Gasteiger charge is 2.17. The number of halogens is 1. The van der Waals surface area contributed by atoms with Crippen LogP contribution in [0, 0.1) is 11.7 Å². The van der Waals surface area contributed by atoms with E-state index in [4.69, 9.17) is 4.98 Å². The molecule has 9 heteroatoms. The minimum Gasteiger partial charge on any atom is -0.335 e. The van der Waals surface area contributed by atoms with Crippen LogP contribution in [-0.2, 0) is 6.54 Å². The van der Waals surface area contributed by atoms with Crippen LogP contribution < -0.4 is 5.32 Å². The third-order valence-corrected chi connectivity index (χ3v) is 7.53. The van der Waals surface area contributed by atoms with Gasteiger partial charge in [-0.1, -0.05) is 25.0 Å². The highest BCUT2D eigenvalue weighted by atomic mass is 19.1. The fourth-order valence-electron chi connectivity index (χ4n) is 5.53. The number of pyridine rings is 3. The van der Waals surface area contributed by atoms with Gasteiger partial charge in [-0.15, -0.1) is 0 Å². The SMILES string of the molecule is Fc1cccc(-c2ccnc3nc(-c4n[nH]c5cnc(-c6cncc(CNCC7CCCC7)c6)cc45)[nH]c23)c1. The molecule has 8 nitrogen and oxygen atoms in total. The second-order valence-electron chi connectivity index (χ2n) is 10.2. The molecule has 1 fully saturated rings. The molecule has 1 aliphatic carbocycles. The van der Waals surface area contributed by atoms with Crippen molar-refractivity contribution in [2.24, 2.45) is 5.92 Å². The summed E-state index contributed by atoms with van der Waals surface area (Å²) in [5, 5.41) is 12.1. The summed E-state index contributed by atoms with van der Waals surface area (Å²) >= 11 is 0. The van der Waals surface area contributed by atoms with Crippen molar-refractivity contribution in [2.45, 2.75) is 32.2 Å². The third kappa shape index (κ3) is 4.66. The molecule has 39 heavy (non-hydrogen) atoms. The maximum Gasteiger partial charge on any atom is 0.178 e. The molecule has 1 aromatic carbocycles. The molecule has 0 atom stereocenters. The number of rotatable bonds is 7. The van der Waals surface area contributed by atoms with Gasteiger partial charge >= 0.3 is 0 Å². The summed E-state index contributed by atoms with van der Waals surface area (Å²) in [6, 6.07) is 12.5. The van der Waals surface area contributed by atoms with E-state index in [9.17, 15) is 4.39 Å². The number of aromatic nitrogens is 7. The van der Waals surface area contributed by atoms with E-state index < -0.39 is 0 Å². The highest BCUT2D eigenvalue weighted by molar-refractivity contribution is 5.96. The summed E-state index contributed by atoms with van der Waals surface area (Å²) in [5.41, 5.74) is 7.20. The van der Waals surface area contributed by atoms with Crippen LogP contribution in [0.5, 0.6) is 0 Å². The Morgan fingerprint density at radius 2 is 1.90 bits per heavy atom. The Hall–Kier alpha value is -4.50. The van der Waals surface area contributed by atoms with Crippen LogP contribution in [-0.4, -0.2) is 41.7 Å². The minimum absolute atomic E-state index is 0.293. The lowest BCUT2D eigenvalue weighted by Gasteiger charge is -2.11. The van der Waals surface area contributed by atoms with Gasteiger partial charge in [0.15, 0.2) is 11.5 Å². The van der Waals surface area contributed by atoms with Gasteiger partial charge in [-0.3, -0.25) is 15.1 Å². The molecule has 0 aliphatic heterocycles. The number of benzene rings is 1. The molecule has 194 valence electrons. The molecule has 0 radical (unpaired) electrons. The van der Waals surface area contributed by atoms with Gasteiger partial charge in [0.2, 0.25) is 0 Å². The molecule has 1 saturated carbocycles. The Labute approximate surface area is 224 Å². The van der Waals surface area contributed by atoms with E-state index in [1.54, 1.807) is 18.5 Å². The molecule has 6 aromatic rings. The predicted molar refractivity (Wildman–Crippen MR) is 149 cm³/mol. The zero-order valence-electron chi connectivity index (χ0n) is 21.3. The summed E-state index contributed by atoms with van der Waals surface area (Å²) in [7, 11) is 0. The summed E-state index contributed by atoms with van der Waals surface area (Å²) in [6.07, 6.45) is 12.6. The number of hydrogen-bond acceptors (Lipinski definition) is 6. The standard InChI is InChI=1S/C30H27FN8/c31-22-7-3-6-20(11-22)23-8-9-34-29-27(23)36-30(37-29)28-24-12-25(35-17-26(24)38-39-28)21-10-19(15-33-16-21)14-32-13-18-4-1-2-5-18/h3,6-12,15-18,32H,1-2,4-5,13-14H2,(H,38,39)(H,34,36,37). The highest BCUT2D eigenvalue weighted by Crippen LogP contribution is 2.32. The maximum absolute atomic E-state index is 13.9. The lowest BCUT2D eigenvalue weighted by atomic mass is 10.1. The largest absolute Gasteiger partial charge is 0.335 e. The molecule has 5 heterocycles.